The summed E-state index contributed by atoms with van der Waals surface area (Å²) in [4.78, 5) is 7.86. The van der Waals surface area contributed by atoms with Gasteiger partial charge in [-0.2, -0.15) is 0 Å². The van der Waals surface area contributed by atoms with Crippen LogP contribution >= 0.6 is 0 Å². The van der Waals surface area contributed by atoms with E-state index in [1.807, 2.05) is 0 Å². The van der Waals surface area contributed by atoms with E-state index < -0.39 is 5.82 Å². The minimum atomic E-state index is -0.408. The van der Waals surface area contributed by atoms with Crippen LogP contribution in [0.1, 0.15) is 17.5 Å². The van der Waals surface area contributed by atoms with Gasteiger partial charge in [-0.3, -0.25) is 0 Å². The molecular formula is C14H14FN3. The molecule has 2 aromatic rings. The van der Waals surface area contributed by atoms with Gasteiger partial charge in [-0.1, -0.05) is 24.3 Å². The van der Waals surface area contributed by atoms with E-state index in [0.29, 0.717) is 12.0 Å². The molecule has 1 aliphatic rings. The molecule has 3 nitrogen and oxygen atoms in total. The van der Waals surface area contributed by atoms with E-state index in [1.54, 1.807) is 0 Å². The molecule has 1 unspecified atom stereocenters. The Kier molecular flexibility index (Phi) is 2.92. The molecule has 0 saturated heterocycles. The molecule has 1 aromatic heterocycles. The molecule has 0 fully saturated rings. The summed E-state index contributed by atoms with van der Waals surface area (Å²) in [5.74, 6) is 0.0929. The second-order valence-corrected chi connectivity index (χ2v) is 4.58. The number of hydrogen-bond donors (Lipinski definition) is 1. The number of hydrogen-bond acceptors (Lipinski definition) is 3. The molecule has 1 aromatic carbocycles. The molecular weight excluding hydrogens is 229 g/mol. The lowest BCUT2D eigenvalue weighted by molar-refractivity contribution is 0.596. The van der Waals surface area contributed by atoms with Crippen LogP contribution in [0.15, 0.2) is 36.7 Å². The molecule has 0 saturated carbocycles. The summed E-state index contributed by atoms with van der Waals surface area (Å²) in [5.41, 5.74) is 2.80. The molecule has 3 rings (SSSR count). The lowest BCUT2D eigenvalue weighted by Gasteiger charge is -2.25. The smallest absolute Gasteiger partial charge is 0.223 e. The molecule has 1 aliphatic carbocycles. The fraction of sp³-hybridized carbons (Fsp3) is 0.286. The minimum absolute atomic E-state index is 0.324. The third-order valence-electron chi connectivity index (χ3n) is 3.30. The standard InChI is InChI=1S/C14H14FN3/c15-12-8-16-14(17-9-12)18-13-6-5-10-3-1-2-4-11(10)7-13/h1-4,8-9,13H,5-7H2,(H,16,17,18). The van der Waals surface area contributed by atoms with E-state index in [0.717, 1.165) is 19.3 Å². The van der Waals surface area contributed by atoms with Crippen molar-refractivity contribution >= 4 is 5.95 Å². The van der Waals surface area contributed by atoms with Gasteiger partial charge in [-0.25, -0.2) is 14.4 Å². The summed E-state index contributed by atoms with van der Waals surface area (Å²) in [6, 6.07) is 8.81. The van der Waals surface area contributed by atoms with Gasteiger partial charge in [-0.15, -0.1) is 0 Å². The van der Waals surface area contributed by atoms with Crippen LogP contribution in [0.25, 0.3) is 0 Å². The number of nitrogens with one attached hydrogen (secondary N) is 1. The van der Waals surface area contributed by atoms with Crippen molar-refractivity contribution < 1.29 is 4.39 Å². The zero-order valence-electron chi connectivity index (χ0n) is 9.94. The van der Waals surface area contributed by atoms with Crippen molar-refractivity contribution in [2.75, 3.05) is 5.32 Å². The maximum atomic E-state index is 12.7. The van der Waals surface area contributed by atoms with Crippen molar-refractivity contribution in [1.82, 2.24) is 9.97 Å². The summed E-state index contributed by atoms with van der Waals surface area (Å²) >= 11 is 0. The van der Waals surface area contributed by atoms with E-state index in [-0.39, 0.29) is 0 Å². The van der Waals surface area contributed by atoms with Gasteiger partial charge in [0.25, 0.3) is 0 Å². The van der Waals surface area contributed by atoms with Gasteiger partial charge in [0.15, 0.2) is 5.82 Å². The zero-order valence-corrected chi connectivity index (χ0v) is 9.94. The van der Waals surface area contributed by atoms with E-state index in [1.165, 1.54) is 23.5 Å². The number of aromatic nitrogens is 2. The van der Waals surface area contributed by atoms with E-state index in [4.69, 9.17) is 0 Å². The van der Waals surface area contributed by atoms with E-state index >= 15 is 0 Å². The number of halogens is 1. The Balaban J connectivity index is 1.71. The molecule has 1 atom stereocenters. The van der Waals surface area contributed by atoms with Crippen LogP contribution in [0.3, 0.4) is 0 Å². The van der Waals surface area contributed by atoms with Gasteiger partial charge in [0.05, 0.1) is 12.4 Å². The Labute approximate surface area is 105 Å². The first-order valence-electron chi connectivity index (χ1n) is 6.12. The maximum Gasteiger partial charge on any atom is 0.223 e. The van der Waals surface area contributed by atoms with Gasteiger partial charge in [0, 0.05) is 6.04 Å². The molecule has 1 heterocycles. The minimum Gasteiger partial charge on any atom is -0.351 e. The molecule has 0 aliphatic heterocycles. The van der Waals surface area contributed by atoms with Crippen molar-refractivity contribution in [2.45, 2.75) is 25.3 Å². The van der Waals surface area contributed by atoms with Gasteiger partial charge < -0.3 is 5.32 Å². The summed E-state index contributed by atoms with van der Waals surface area (Å²) in [6.07, 6.45) is 5.46. The second-order valence-electron chi connectivity index (χ2n) is 4.58. The number of aryl methyl sites for hydroxylation is 1. The average molecular weight is 243 g/mol. The van der Waals surface area contributed by atoms with Crippen molar-refractivity contribution in [2.24, 2.45) is 0 Å². The number of benzene rings is 1. The first-order chi connectivity index (χ1) is 8.81. The summed E-state index contributed by atoms with van der Waals surface area (Å²) in [7, 11) is 0. The molecule has 92 valence electrons. The van der Waals surface area contributed by atoms with Crippen LogP contribution in [-0.2, 0) is 12.8 Å². The highest BCUT2D eigenvalue weighted by Gasteiger charge is 2.18. The fourth-order valence-corrected chi connectivity index (χ4v) is 2.39. The first kappa shape index (κ1) is 11.1. The molecule has 0 bridgehead atoms. The van der Waals surface area contributed by atoms with Crippen molar-refractivity contribution in [3.8, 4) is 0 Å². The number of rotatable bonds is 2. The number of nitrogens with zero attached hydrogens (tertiary/aromatic N) is 2. The molecule has 18 heavy (non-hydrogen) atoms. The Hall–Kier alpha value is -1.97. The monoisotopic (exact) mass is 243 g/mol. The molecule has 4 heteroatoms. The summed E-state index contributed by atoms with van der Waals surface area (Å²) < 4.78 is 12.7. The van der Waals surface area contributed by atoms with Gasteiger partial charge in [-0.05, 0) is 30.4 Å². The lowest BCUT2D eigenvalue weighted by Crippen LogP contribution is -2.28. The van der Waals surface area contributed by atoms with Crippen LogP contribution in [0.4, 0.5) is 10.3 Å². The van der Waals surface area contributed by atoms with Crippen LogP contribution in [0.5, 0.6) is 0 Å². The highest BCUT2D eigenvalue weighted by molar-refractivity contribution is 5.34. The van der Waals surface area contributed by atoms with Crippen molar-refractivity contribution in [3.63, 3.8) is 0 Å². The SMILES string of the molecule is Fc1cnc(NC2CCc3ccccc3C2)nc1. The van der Waals surface area contributed by atoms with Gasteiger partial charge in [0.2, 0.25) is 5.95 Å². The number of anilines is 1. The third kappa shape index (κ3) is 2.32. The summed E-state index contributed by atoms with van der Waals surface area (Å²) in [6.45, 7) is 0. The Morgan fingerprint density at radius 2 is 1.83 bits per heavy atom. The molecule has 0 spiro atoms. The highest BCUT2D eigenvalue weighted by Crippen LogP contribution is 2.22. The van der Waals surface area contributed by atoms with Gasteiger partial charge in [0.1, 0.15) is 0 Å². The summed E-state index contributed by atoms with van der Waals surface area (Å²) in [5, 5.41) is 3.26. The third-order valence-corrected chi connectivity index (χ3v) is 3.30. The fourth-order valence-electron chi connectivity index (χ4n) is 2.39. The maximum absolute atomic E-state index is 12.7. The normalized spacial score (nSPS) is 18.2. The Bertz CT molecular complexity index is 539. The van der Waals surface area contributed by atoms with Crippen LogP contribution in [0.2, 0.25) is 0 Å². The topological polar surface area (TPSA) is 37.8 Å². The number of fused-ring (bicyclic) bond motifs is 1. The quantitative estimate of drug-likeness (QED) is 0.881. The largest absolute Gasteiger partial charge is 0.351 e. The highest BCUT2D eigenvalue weighted by atomic mass is 19.1. The second kappa shape index (κ2) is 4.72. The zero-order chi connectivity index (χ0) is 12.4. The molecule has 0 amide bonds. The van der Waals surface area contributed by atoms with Gasteiger partial charge >= 0.3 is 0 Å². The Morgan fingerprint density at radius 3 is 2.61 bits per heavy atom. The van der Waals surface area contributed by atoms with Crippen LogP contribution < -0.4 is 5.32 Å². The lowest BCUT2D eigenvalue weighted by atomic mass is 9.88. The molecule has 1 N–H and O–H groups in total. The predicted molar refractivity (Wildman–Crippen MR) is 67.9 cm³/mol. The first-order valence-corrected chi connectivity index (χ1v) is 6.12. The van der Waals surface area contributed by atoms with E-state index in [9.17, 15) is 4.39 Å². The van der Waals surface area contributed by atoms with Crippen molar-refractivity contribution in [1.29, 1.82) is 0 Å². The van der Waals surface area contributed by atoms with Crippen LogP contribution in [0, 0.1) is 5.82 Å². The molecule has 0 radical (unpaired) electrons. The van der Waals surface area contributed by atoms with Crippen LogP contribution in [-0.4, -0.2) is 16.0 Å². The average Bonchev–Trinajstić information content (AvgIpc) is 2.41. The Morgan fingerprint density at radius 1 is 1.11 bits per heavy atom. The predicted octanol–water partition coefficient (Wildman–Crippen LogP) is 2.59. The van der Waals surface area contributed by atoms with E-state index in [2.05, 4.69) is 39.6 Å². The van der Waals surface area contributed by atoms with Crippen molar-refractivity contribution in [3.05, 3.63) is 53.6 Å².